The van der Waals surface area contributed by atoms with Crippen molar-refractivity contribution >= 4 is 5.97 Å². The molecule has 0 fully saturated rings. The van der Waals surface area contributed by atoms with Gasteiger partial charge in [0.2, 0.25) is 0 Å². The molecule has 0 aliphatic rings. The summed E-state index contributed by atoms with van der Waals surface area (Å²) >= 11 is 0. The summed E-state index contributed by atoms with van der Waals surface area (Å²) in [7, 11) is 4.74. The van der Waals surface area contributed by atoms with Crippen LogP contribution in [-0.2, 0) is 11.3 Å². The summed E-state index contributed by atoms with van der Waals surface area (Å²) in [6.07, 6.45) is 42.1. The number of carboxylic acids is 1. The highest BCUT2D eigenvalue weighted by Crippen LogP contribution is 2.15. The molecular weight excluding hydrogens is 562 g/mol. The highest BCUT2D eigenvalue weighted by molar-refractivity contribution is 5.64. The lowest BCUT2D eigenvalue weighted by Crippen LogP contribution is -2.39. The number of carbonyl (C=O) groups excluding carboxylic acids is 1. The number of carboxylic acid groups (broad SMARTS) is 1. The molecule has 1 rings (SSSR count). The minimum absolute atomic E-state index is 0.213. The van der Waals surface area contributed by atoms with Crippen molar-refractivity contribution in [3.8, 4) is 0 Å². The van der Waals surface area contributed by atoms with Gasteiger partial charge in [-0.05, 0) is 57.8 Å². The van der Waals surface area contributed by atoms with E-state index in [0.29, 0.717) is 0 Å². The largest absolute Gasteiger partial charge is 0.550 e. The van der Waals surface area contributed by atoms with Crippen LogP contribution in [0, 0.1) is 0 Å². The zero-order valence-corrected chi connectivity index (χ0v) is 31.3. The van der Waals surface area contributed by atoms with Crippen LogP contribution in [0.2, 0.25) is 0 Å². The first-order valence-electron chi connectivity index (χ1n) is 19.8. The number of quaternary nitrogens is 1. The molecule has 3 nitrogen and oxygen atoms in total. The van der Waals surface area contributed by atoms with Crippen molar-refractivity contribution in [1.29, 1.82) is 0 Å². The van der Waals surface area contributed by atoms with Gasteiger partial charge in [0.05, 0.1) is 20.6 Å². The van der Waals surface area contributed by atoms with Gasteiger partial charge in [-0.2, -0.15) is 0 Å². The molecule has 266 valence electrons. The van der Waals surface area contributed by atoms with E-state index in [1.807, 2.05) is 0 Å². The molecule has 46 heavy (non-hydrogen) atoms. The normalized spacial score (nSPS) is 11.7. The molecule has 0 bridgehead atoms. The van der Waals surface area contributed by atoms with Crippen molar-refractivity contribution in [3.05, 3.63) is 60.2 Å². The second-order valence-corrected chi connectivity index (χ2v) is 14.3. The molecule has 0 heterocycles. The van der Waals surface area contributed by atoms with Crippen molar-refractivity contribution in [1.82, 2.24) is 0 Å². The van der Waals surface area contributed by atoms with Gasteiger partial charge in [0.15, 0.2) is 0 Å². The van der Waals surface area contributed by atoms with E-state index in [9.17, 15) is 9.90 Å². The molecule has 0 radical (unpaired) electrons. The summed E-state index contributed by atoms with van der Waals surface area (Å²) in [4.78, 5) is 10.2. The van der Waals surface area contributed by atoms with Crippen LogP contribution in [0.15, 0.2) is 54.6 Å². The minimum Gasteiger partial charge on any atom is -0.550 e. The van der Waals surface area contributed by atoms with E-state index in [-0.39, 0.29) is 6.42 Å². The fraction of sp³-hybridized carbons (Fsp3) is 0.744. The monoisotopic (exact) mass is 640 g/mol. The van der Waals surface area contributed by atoms with E-state index in [1.54, 1.807) is 0 Å². The number of hydrogen-bond donors (Lipinski definition) is 0. The van der Waals surface area contributed by atoms with Crippen LogP contribution in [0.4, 0.5) is 0 Å². The Morgan fingerprint density at radius 2 is 0.978 bits per heavy atom. The first-order chi connectivity index (χ1) is 22.4. The highest BCUT2D eigenvalue weighted by atomic mass is 16.4. The van der Waals surface area contributed by atoms with E-state index in [2.05, 4.69) is 82.6 Å². The SMILES string of the molecule is CCCCC/C=C\C/C=C\CCCCCCCC(=O)[O-].CCCCCCCCCCCCCCCC[N+](C)(C)Cc1ccccc1. The Morgan fingerprint density at radius 3 is 1.48 bits per heavy atom. The lowest BCUT2D eigenvalue weighted by Gasteiger charge is -2.30. The standard InChI is InChI=1S/C25H46N.C18H32O2/c1-4-5-6-7-8-9-10-11-12-13-14-15-16-20-23-26(2,3)24-25-21-18-17-19-22-25;1-2-3-4-5-6-7-8-9-10-11-12-13-14-15-16-17-18(19)20/h17-19,21-22H,4-16,20,23-24H2,1-3H3;6-7,9-10H,2-5,8,11-17H2,1H3,(H,19,20)/q+1;/p-1/b;7-6-,10-9-. The molecule has 0 unspecified atom stereocenters. The maximum absolute atomic E-state index is 10.2. The maximum Gasteiger partial charge on any atom is 0.104 e. The first kappa shape index (κ1) is 44.1. The van der Waals surface area contributed by atoms with Crippen LogP contribution in [0.1, 0.15) is 186 Å². The third kappa shape index (κ3) is 35.0. The van der Waals surface area contributed by atoms with Gasteiger partial charge in [-0.15, -0.1) is 0 Å². The summed E-state index contributed by atoms with van der Waals surface area (Å²) in [6.45, 7) is 6.98. The van der Waals surface area contributed by atoms with Gasteiger partial charge < -0.3 is 14.4 Å². The van der Waals surface area contributed by atoms with Gasteiger partial charge in [0.25, 0.3) is 0 Å². The average Bonchev–Trinajstić information content (AvgIpc) is 3.03. The van der Waals surface area contributed by atoms with Gasteiger partial charge in [0, 0.05) is 11.5 Å². The third-order valence-electron chi connectivity index (χ3n) is 8.90. The van der Waals surface area contributed by atoms with Crippen LogP contribution < -0.4 is 5.11 Å². The maximum atomic E-state index is 10.2. The lowest BCUT2D eigenvalue weighted by atomic mass is 10.0. The van der Waals surface area contributed by atoms with Crippen LogP contribution in [0.5, 0.6) is 0 Å². The predicted octanol–water partition coefficient (Wildman–Crippen LogP) is 12.3. The number of aliphatic carboxylic acids is 1. The Morgan fingerprint density at radius 1 is 0.565 bits per heavy atom. The molecule has 0 saturated heterocycles. The predicted molar refractivity (Wildman–Crippen MR) is 202 cm³/mol. The summed E-state index contributed by atoms with van der Waals surface area (Å²) in [5.41, 5.74) is 1.46. The molecule has 0 aliphatic carbocycles. The van der Waals surface area contributed by atoms with E-state index >= 15 is 0 Å². The van der Waals surface area contributed by atoms with Crippen molar-refractivity contribution in [3.63, 3.8) is 0 Å². The van der Waals surface area contributed by atoms with Crippen LogP contribution in [0.25, 0.3) is 0 Å². The number of rotatable bonds is 31. The van der Waals surface area contributed by atoms with E-state index in [4.69, 9.17) is 0 Å². The zero-order valence-electron chi connectivity index (χ0n) is 31.3. The first-order valence-corrected chi connectivity index (χ1v) is 19.8. The Hall–Kier alpha value is -1.87. The molecule has 0 aliphatic heterocycles. The number of allylic oxidation sites excluding steroid dienone is 4. The van der Waals surface area contributed by atoms with E-state index < -0.39 is 5.97 Å². The Bertz CT molecular complexity index is 813. The number of hydrogen-bond acceptors (Lipinski definition) is 2. The van der Waals surface area contributed by atoms with Gasteiger partial charge >= 0.3 is 0 Å². The van der Waals surface area contributed by atoms with Crippen LogP contribution in [0.3, 0.4) is 0 Å². The highest BCUT2D eigenvalue weighted by Gasteiger charge is 2.14. The van der Waals surface area contributed by atoms with E-state index in [0.717, 1.165) is 43.1 Å². The van der Waals surface area contributed by atoms with Crippen molar-refractivity contribution in [2.75, 3.05) is 20.6 Å². The molecule has 0 saturated carbocycles. The van der Waals surface area contributed by atoms with E-state index in [1.165, 1.54) is 141 Å². The number of unbranched alkanes of at least 4 members (excludes halogenated alkanes) is 21. The van der Waals surface area contributed by atoms with Crippen LogP contribution >= 0.6 is 0 Å². The Balaban J connectivity index is 0.000000914. The molecule has 1 aromatic carbocycles. The fourth-order valence-electron chi connectivity index (χ4n) is 5.97. The molecule has 0 spiro atoms. The van der Waals surface area contributed by atoms with Gasteiger partial charge in [-0.25, -0.2) is 0 Å². The third-order valence-corrected chi connectivity index (χ3v) is 8.90. The number of carbonyl (C=O) groups is 1. The molecule has 0 amide bonds. The van der Waals surface area contributed by atoms with Gasteiger partial charge in [-0.3, -0.25) is 0 Å². The average molecular weight is 640 g/mol. The number of benzene rings is 1. The van der Waals surface area contributed by atoms with Crippen LogP contribution in [-0.4, -0.2) is 31.1 Å². The van der Waals surface area contributed by atoms with Crippen molar-refractivity contribution in [2.45, 2.75) is 187 Å². The molecular formula is C43H77NO2. The second-order valence-electron chi connectivity index (χ2n) is 14.3. The van der Waals surface area contributed by atoms with Gasteiger partial charge in [0.1, 0.15) is 6.54 Å². The molecule has 0 atom stereocenters. The second kappa shape index (κ2) is 34.5. The molecule has 3 heteroatoms. The smallest absolute Gasteiger partial charge is 0.104 e. The minimum atomic E-state index is -0.921. The quantitative estimate of drug-likeness (QED) is 0.0461. The lowest BCUT2D eigenvalue weighted by molar-refractivity contribution is -0.903. The Labute approximate surface area is 287 Å². The Kier molecular flexibility index (Phi) is 33.1. The van der Waals surface area contributed by atoms with Gasteiger partial charge in [-0.1, -0.05) is 178 Å². The molecule has 0 N–H and O–H groups in total. The fourth-order valence-corrected chi connectivity index (χ4v) is 5.97. The summed E-state index contributed by atoms with van der Waals surface area (Å²) in [5.74, 6) is -0.921. The van der Waals surface area contributed by atoms with Crippen molar-refractivity contribution in [2.24, 2.45) is 0 Å². The summed E-state index contributed by atoms with van der Waals surface area (Å²) < 4.78 is 1.11. The topological polar surface area (TPSA) is 40.1 Å². The molecule has 0 aromatic heterocycles. The summed E-state index contributed by atoms with van der Waals surface area (Å²) in [5, 5.41) is 10.2. The number of nitrogens with zero attached hydrogens (tertiary/aromatic N) is 1. The van der Waals surface area contributed by atoms with Crippen molar-refractivity contribution < 1.29 is 14.4 Å². The summed E-state index contributed by atoms with van der Waals surface area (Å²) in [6, 6.07) is 10.9. The molecule has 1 aromatic rings. The zero-order chi connectivity index (χ0) is 33.8.